The van der Waals surface area contributed by atoms with Gasteiger partial charge in [0.2, 0.25) is 0 Å². The second-order valence-corrected chi connectivity index (χ2v) is 8.56. The summed E-state index contributed by atoms with van der Waals surface area (Å²) in [6, 6.07) is 3.65. The van der Waals surface area contributed by atoms with Crippen LogP contribution in [0.5, 0.6) is 0 Å². The van der Waals surface area contributed by atoms with Crippen molar-refractivity contribution >= 4 is 55.7 Å². The molecule has 1 unspecified atom stereocenters. The van der Waals surface area contributed by atoms with Crippen LogP contribution in [0.1, 0.15) is 19.3 Å². The Labute approximate surface area is 153 Å². The molecule has 0 radical (unpaired) electrons. The standard InChI is InChI=1S/C16H16Cl2N4OS/c17-10-1-2-11-14(13(10)18)24-15(19-11)20-12-7-16(23-21-12)8-22-5-3-9(16)4-6-22/h1-2,9H,3-8H2,(H,19,20,21). The highest BCUT2D eigenvalue weighted by Gasteiger charge is 2.52. The summed E-state index contributed by atoms with van der Waals surface area (Å²) in [5, 5.41) is 9.52. The van der Waals surface area contributed by atoms with Crippen LogP contribution in [0.4, 0.5) is 5.13 Å². The zero-order chi connectivity index (χ0) is 16.3. The number of piperidine rings is 3. The van der Waals surface area contributed by atoms with Gasteiger partial charge in [0.05, 0.1) is 26.7 Å². The topological polar surface area (TPSA) is 49.8 Å². The van der Waals surface area contributed by atoms with Crippen LogP contribution in [-0.4, -0.2) is 41.0 Å². The smallest absolute Gasteiger partial charge is 0.189 e. The van der Waals surface area contributed by atoms with Gasteiger partial charge in [0.1, 0.15) is 0 Å². The summed E-state index contributed by atoms with van der Waals surface area (Å²) in [6.45, 7) is 3.36. The fourth-order valence-electron chi connectivity index (χ4n) is 4.10. The van der Waals surface area contributed by atoms with Crippen LogP contribution in [0, 0.1) is 5.92 Å². The molecule has 5 heterocycles. The number of hydrogen-bond acceptors (Lipinski definition) is 6. The molecule has 0 aliphatic carbocycles. The van der Waals surface area contributed by atoms with Crippen LogP contribution in [0.15, 0.2) is 17.3 Å². The third-order valence-corrected chi connectivity index (χ3v) is 7.25. The van der Waals surface area contributed by atoms with Gasteiger partial charge < -0.3 is 10.2 Å². The Morgan fingerprint density at radius 3 is 2.88 bits per heavy atom. The highest BCUT2D eigenvalue weighted by atomic mass is 35.5. The maximum atomic E-state index is 6.27. The first-order chi connectivity index (χ1) is 11.6. The summed E-state index contributed by atoms with van der Waals surface area (Å²) in [4.78, 5) is 13.0. The second kappa shape index (κ2) is 5.46. The van der Waals surface area contributed by atoms with Gasteiger partial charge in [-0.2, -0.15) is 0 Å². The zero-order valence-corrected chi connectivity index (χ0v) is 15.2. The first-order valence-corrected chi connectivity index (χ1v) is 9.69. The van der Waals surface area contributed by atoms with Crippen molar-refractivity contribution in [2.24, 2.45) is 11.1 Å². The quantitative estimate of drug-likeness (QED) is 0.802. The molecule has 1 N–H and O–H groups in total. The van der Waals surface area contributed by atoms with Crippen molar-refractivity contribution in [3.63, 3.8) is 0 Å². The van der Waals surface area contributed by atoms with Crippen molar-refractivity contribution in [3.05, 3.63) is 22.2 Å². The summed E-state index contributed by atoms with van der Waals surface area (Å²) in [5.41, 5.74) is 0.699. The molecule has 0 amide bonds. The van der Waals surface area contributed by atoms with Gasteiger partial charge in [-0.15, -0.1) is 0 Å². The van der Waals surface area contributed by atoms with Crippen molar-refractivity contribution in [1.82, 2.24) is 9.88 Å². The molecular weight excluding hydrogens is 367 g/mol. The number of aromatic nitrogens is 1. The maximum Gasteiger partial charge on any atom is 0.189 e. The van der Waals surface area contributed by atoms with Gasteiger partial charge in [0.15, 0.2) is 16.6 Å². The number of halogens is 2. The van der Waals surface area contributed by atoms with E-state index in [1.807, 2.05) is 6.07 Å². The van der Waals surface area contributed by atoms with Crippen molar-refractivity contribution in [2.45, 2.75) is 24.9 Å². The molecule has 4 aliphatic heterocycles. The second-order valence-electron chi connectivity index (χ2n) is 6.77. The van der Waals surface area contributed by atoms with E-state index in [0.29, 0.717) is 16.0 Å². The van der Waals surface area contributed by atoms with E-state index < -0.39 is 0 Å². The third-order valence-electron chi connectivity index (χ3n) is 5.33. The normalized spacial score (nSPS) is 31.5. The minimum atomic E-state index is -0.142. The van der Waals surface area contributed by atoms with Crippen LogP contribution in [-0.2, 0) is 4.84 Å². The summed E-state index contributed by atoms with van der Waals surface area (Å²) < 4.78 is 0.892. The van der Waals surface area contributed by atoms with Crippen molar-refractivity contribution in [1.29, 1.82) is 0 Å². The monoisotopic (exact) mass is 382 g/mol. The molecule has 1 spiro atoms. The first kappa shape index (κ1) is 15.2. The highest BCUT2D eigenvalue weighted by Crippen LogP contribution is 2.44. The van der Waals surface area contributed by atoms with E-state index in [1.54, 1.807) is 6.07 Å². The predicted octanol–water partition coefficient (Wildman–Crippen LogP) is 4.21. The number of rotatable bonds is 1. The molecule has 5 nitrogen and oxygen atoms in total. The lowest BCUT2D eigenvalue weighted by Gasteiger charge is -2.49. The number of benzene rings is 1. The Morgan fingerprint density at radius 2 is 2.12 bits per heavy atom. The largest absolute Gasteiger partial charge is 0.386 e. The Balaban J connectivity index is 1.37. The van der Waals surface area contributed by atoms with E-state index in [1.165, 1.54) is 37.3 Å². The summed E-state index contributed by atoms with van der Waals surface area (Å²) in [7, 11) is 0. The predicted molar refractivity (Wildman–Crippen MR) is 98.3 cm³/mol. The van der Waals surface area contributed by atoms with Gasteiger partial charge in [0.25, 0.3) is 0 Å². The Kier molecular flexibility index (Phi) is 3.46. The lowest BCUT2D eigenvalue weighted by Crippen LogP contribution is -2.59. The number of anilines is 1. The minimum absolute atomic E-state index is 0.142. The van der Waals surface area contributed by atoms with E-state index in [-0.39, 0.29) is 5.60 Å². The molecule has 6 rings (SSSR count). The number of fused-ring (bicyclic) bond motifs is 3. The molecule has 3 fully saturated rings. The average Bonchev–Trinajstić information content (AvgIpc) is 3.17. The van der Waals surface area contributed by atoms with Crippen LogP contribution in [0.25, 0.3) is 10.2 Å². The molecule has 2 aromatic rings. The van der Waals surface area contributed by atoms with E-state index in [4.69, 9.17) is 28.0 Å². The molecule has 4 aliphatic rings. The number of oxime groups is 1. The number of nitrogens with one attached hydrogen (secondary N) is 1. The van der Waals surface area contributed by atoms with Gasteiger partial charge in [-0.05, 0) is 38.1 Å². The average molecular weight is 383 g/mol. The first-order valence-electron chi connectivity index (χ1n) is 8.12. The minimum Gasteiger partial charge on any atom is -0.386 e. The van der Waals surface area contributed by atoms with E-state index in [0.717, 1.165) is 34.1 Å². The molecule has 0 saturated carbocycles. The fraction of sp³-hybridized carbons (Fsp3) is 0.500. The molecular formula is C16H16Cl2N4OS. The SMILES string of the molecule is Clc1ccc2nc(NC3=NOC4(C3)CN3CCC4CC3)sc2c1Cl. The van der Waals surface area contributed by atoms with Crippen LogP contribution in [0.3, 0.4) is 0 Å². The Hall–Kier alpha value is -1.08. The highest BCUT2D eigenvalue weighted by molar-refractivity contribution is 7.23. The molecule has 1 aromatic heterocycles. The van der Waals surface area contributed by atoms with Crippen LogP contribution < -0.4 is 5.32 Å². The van der Waals surface area contributed by atoms with Crippen molar-refractivity contribution in [3.8, 4) is 0 Å². The third kappa shape index (κ3) is 2.31. The summed E-state index contributed by atoms with van der Waals surface area (Å²) >= 11 is 13.8. The number of hydrogen-bond donors (Lipinski definition) is 1. The van der Waals surface area contributed by atoms with Crippen LogP contribution >= 0.6 is 34.5 Å². The van der Waals surface area contributed by atoms with Gasteiger partial charge in [0, 0.05) is 12.5 Å². The molecule has 126 valence electrons. The summed E-state index contributed by atoms with van der Waals surface area (Å²) in [6.07, 6.45) is 3.23. The molecule has 1 atom stereocenters. The molecule has 8 heteroatoms. The number of amidine groups is 1. The van der Waals surface area contributed by atoms with Gasteiger partial charge in [-0.3, -0.25) is 4.90 Å². The van der Waals surface area contributed by atoms with E-state index in [9.17, 15) is 0 Å². The molecule has 1 aromatic carbocycles. The molecule has 2 bridgehead atoms. The molecule has 24 heavy (non-hydrogen) atoms. The van der Waals surface area contributed by atoms with Crippen molar-refractivity contribution in [2.75, 3.05) is 25.0 Å². The summed E-state index contributed by atoms with van der Waals surface area (Å²) in [5.74, 6) is 1.46. The van der Waals surface area contributed by atoms with Gasteiger partial charge in [-0.25, -0.2) is 4.98 Å². The van der Waals surface area contributed by atoms with E-state index >= 15 is 0 Å². The van der Waals surface area contributed by atoms with Gasteiger partial charge >= 0.3 is 0 Å². The van der Waals surface area contributed by atoms with Crippen LogP contribution in [0.2, 0.25) is 10.0 Å². The molecule has 3 saturated heterocycles. The lowest BCUT2D eigenvalue weighted by molar-refractivity contribution is -0.136. The number of nitrogens with zero attached hydrogens (tertiary/aromatic N) is 3. The van der Waals surface area contributed by atoms with Gasteiger partial charge in [-0.1, -0.05) is 39.7 Å². The lowest BCUT2D eigenvalue weighted by atomic mass is 9.73. The Bertz CT molecular complexity index is 846. The van der Waals surface area contributed by atoms with Crippen molar-refractivity contribution < 1.29 is 4.84 Å². The van der Waals surface area contributed by atoms with E-state index in [2.05, 4.69) is 20.4 Å². The fourth-order valence-corrected chi connectivity index (χ4v) is 5.52. The zero-order valence-electron chi connectivity index (χ0n) is 12.9. The maximum absolute atomic E-state index is 6.27. The number of thiazole rings is 1. The Morgan fingerprint density at radius 1 is 1.29 bits per heavy atom.